The molecule has 0 saturated carbocycles. The molecular weight excluding hydrogens is 218 g/mol. The molecule has 0 heterocycles. The highest BCUT2D eigenvalue weighted by atomic mass is 16.4. The number of nitrogens with zero attached hydrogens (tertiary/aromatic N) is 1. The van der Waals surface area contributed by atoms with Crippen LogP contribution < -0.4 is 0 Å². The highest BCUT2D eigenvalue weighted by Gasteiger charge is 2.19. The van der Waals surface area contributed by atoms with Gasteiger partial charge in [-0.2, -0.15) is 0 Å². The Bertz CT molecular complexity index is 168. The molecule has 0 spiro atoms. The largest absolute Gasteiger partial charge is 0.481 e. The van der Waals surface area contributed by atoms with Crippen LogP contribution in [0, 0.1) is 0 Å². The first-order valence-electron chi connectivity index (χ1n) is 6.33. The van der Waals surface area contributed by atoms with Gasteiger partial charge in [-0.05, 0) is 21.0 Å². The van der Waals surface area contributed by atoms with Gasteiger partial charge in [0.05, 0.1) is 12.5 Å². The average molecular weight is 249 g/mol. The van der Waals surface area contributed by atoms with Crippen molar-refractivity contribution in [2.24, 2.45) is 0 Å². The third-order valence-electron chi connectivity index (χ3n) is 1.46. The summed E-state index contributed by atoms with van der Waals surface area (Å²) in [6.45, 7) is 13.4. The second-order valence-electron chi connectivity index (χ2n) is 2.69. The van der Waals surface area contributed by atoms with E-state index in [0.717, 1.165) is 0 Å². The molecule has 0 fully saturated rings. The summed E-state index contributed by atoms with van der Waals surface area (Å²) in [5.41, 5.74) is 0. The van der Waals surface area contributed by atoms with Crippen LogP contribution in [-0.2, 0) is 9.59 Å². The van der Waals surface area contributed by atoms with Gasteiger partial charge >= 0.3 is 5.97 Å². The van der Waals surface area contributed by atoms with E-state index in [1.165, 1.54) is 6.92 Å². The lowest BCUT2D eigenvalue weighted by molar-refractivity contribution is -0.140. The van der Waals surface area contributed by atoms with Crippen LogP contribution in [0.25, 0.3) is 0 Å². The zero-order valence-corrected chi connectivity index (χ0v) is 13.0. The molecule has 0 aromatic heterocycles. The molecule has 4 heteroatoms. The minimum Gasteiger partial charge on any atom is -0.481 e. The molecule has 0 aromatic rings. The zero-order chi connectivity index (χ0) is 15.0. The number of carbonyl (C=O) groups is 2. The Morgan fingerprint density at radius 1 is 1.00 bits per heavy atom. The van der Waals surface area contributed by atoms with Crippen molar-refractivity contribution in [2.45, 2.75) is 60.9 Å². The van der Waals surface area contributed by atoms with Crippen molar-refractivity contribution in [1.29, 1.82) is 0 Å². The number of likely N-dealkylation sites (N-methyl/N-ethyl adjacent to an activating group) is 1. The fraction of sp³-hybridized carbons (Fsp3) is 0.846. The van der Waals surface area contributed by atoms with Gasteiger partial charge in [0.15, 0.2) is 0 Å². The number of rotatable bonds is 4. The monoisotopic (exact) mass is 249 g/mol. The molecule has 1 unspecified atom stereocenters. The molecule has 1 N–H and O–H groups in total. The molecule has 4 nitrogen and oxygen atoms in total. The number of hydrogen-bond acceptors (Lipinski definition) is 3. The number of hydrogen-bond donors (Lipinski definition) is 1. The summed E-state index contributed by atoms with van der Waals surface area (Å²) in [5.74, 6) is -1.06. The Morgan fingerprint density at radius 3 is 1.35 bits per heavy atom. The second kappa shape index (κ2) is 20.5. The summed E-state index contributed by atoms with van der Waals surface area (Å²) in [6.07, 6.45) is -0.123. The molecule has 0 radical (unpaired) electrons. The minimum atomic E-state index is -0.945. The summed E-state index contributed by atoms with van der Waals surface area (Å²) < 4.78 is 0. The van der Waals surface area contributed by atoms with Crippen molar-refractivity contribution in [2.75, 3.05) is 14.1 Å². The minimum absolute atomic E-state index is 0.114. The van der Waals surface area contributed by atoms with Crippen molar-refractivity contribution in [1.82, 2.24) is 4.90 Å². The summed E-state index contributed by atoms with van der Waals surface area (Å²) in [4.78, 5) is 22.7. The first-order chi connectivity index (χ1) is 7.95. The van der Waals surface area contributed by atoms with E-state index in [1.54, 1.807) is 19.0 Å². The van der Waals surface area contributed by atoms with Crippen molar-refractivity contribution in [3.8, 4) is 0 Å². The van der Waals surface area contributed by atoms with Gasteiger partial charge in [-0.15, -0.1) is 0 Å². The van der Waals surface area contributed by atoms with E-state index in [0.29, 0.717) is 0 Å². The maximum Gasteiger partial charge on any atom is 0.305 e. The van der Waals surface area contributed by atoms with Crippen LogP contribution in [-0.4, -0.2) is 41.9 Å². The molecule has 0 aliphatic carbocycles. The highest BCUT2D eigenvalue weighted by Crippen LogP contribution is 2.00. The fourth-order valence-corrected chi connectivity index (χ4v) is 0.855. The van der Waals surface area contributed by atoms with E-state index in [1.807, 2.05) is 41.5 Å². The number of Topliss-reactive ketones (excluding diaryl/α,β-unsaturated/α-hetero) is 1. The lowest BCUT2D eigenvalue weighted by Gasteiger charge is -2.18. The highest BCUT2D eigenvalue weighted by molar-refractivity contribution is 5.85. The molecule has 0 rings (SSSR count). The summed E-state index contributed by atoms with van der Waals surface area (Å²) in [6, 6.07) is -0.493. The Morgan fingerprint density at radius 2 is 1.29 bits per heavy atom. The molecule has 0 aromatic carbocycles. The van der Waals surface area contributed by atoms with Crippen LogP contribution >= 0.6 is 0 Å². The number of carboxylic acids is 1. The number of carbonyl (C=O) groups excluding carboxylic acids is 1. The van der Waals surface area contributed by atoms with Gasteiger partial charge in [0.25, 0.3) is 0 Å². The maximum absolute atomic E-state index is 10.8. The van der Waals surface area contributed by atoms with E-state index >= 15 is 0 Å². The van der Waals surface area contributed by atoms with E-state index < -0.39 is 12.0 Å². The molecule has 0 bridgehead atoms. The van der Waals surface area contributed by atoms with Gasteiger partial charge in [0, 0.05) is 0 Å². The molecule has 0 aliphatic rings. The van der Waals surface area contributed by atoms with Gasteiger partial charge in [0.2, 0.25) is 0 Å². The average Bonchev–Trinajstić information content (AvgIpc) is 2.33. The third-order valence-corrected chi connectivity index (χ3v) is 1.46. The molecular formula is C13H31NO3. The normalized spacial score (nSPS) is 9.53. The first kappa shape index (κ1) is 25.1. The third kappa shape index (κ3) is 21.0. The molecule has 106 valence electrons. The Kier molecular flexibility index (Phi) is 30.2. The number of carboxylic acid groups (broad SMARTS) is 1. The van der Waals surface area contributed by atoms with Crippen molar-refractivity contribution in [3.05, 3.63) is 0 Å². The van der Waals surface area contributed by atoms with Crippen molar-refractivity contribution >= 4 is 11.8 Å². The Hall–Kier alpha value is -0.900. The Labute approximate surface area is 107 Å². The van der Waals surface area contributed by atoms with Crippen LogP contribution in [0.1, 0.15) is 54.9 Å². The first-order valence-corrected chi connectivity index (χ1v) is 6.33. The quantitative estimate of drug-likeness (QED) is 0.832. The van der Waals surface area contributed by atoms with Crippen LogP contribution in [0.2, 0.25) is 0 Å². The van der Waals surface area contributed by atoms with E-state index in [4.69, 9.17) is 5.11 Å². The van der Waals surface area contributed by atoms with E-state index in [2.05, 4.69) is 0 Å². The van der Waals surface area contributed by atoms with E-state index in [9.17, 15) is 9.59 Å². The molecule has 0 saturated heterocycles. The second-order valence-corrected chi connectivity index (χ2v) is 2.69. The van der Waals surface area contributed by atoms with Crippen LogP contribution in [0.3, 0.4) is 0 Å². The van der Waals surface area contributed by atoms with Crippen LogP contribution in [0.5, 0.6) is 0 Å². The van der Waals surface area contributed by atoms with Gasteiger partial charge in [-0.25, -0.2) is 0 Å². The molecule has 0 aliphatic heterocycles. The van der Waals surface area contributed by atoms with Crippen molar-refractivity contribution < 1.29 is 14.7 Å². The van der Waals surface area contributed by atoms with Crippen molar-refractivity contribution in [3.63, 3.8) is 0 Å². The lowest BCUT2D eigenvalue weighted by Crippen LogP contribution is -2.36. The topological polar surface area (TPSA) is 57.6 Å². The van der Waals surface area contributed by atoms with Crippen LogP contribution in [0.15, 0.2) is 0 Å². The lowest BCUT2D eigenvalue weighted by atomic mass is 10.1. The van der Waals surface area contributed by atoms with Gasteiger partial charge in [-0.3, -0.25) is 14.5 Å². The molecule has 17 heavy (non-hydrogen) atoms. The molecule has 0 amide bonds. The SMILES string of the molecule is CC.CC.CC.CC(=O)C(CC(=O)O)N(C)C. The van der Waals surface area contributed by atoms with Crippen LogP contribution in [0.4, 0.5) is 0 Å². The number of aliphatic carboxylic acids is 1. The predicted octanol–water partition coefficient (Wildman–Crippen LogP) is 3.06. The maximum atomic E-state index is 10.8. The summed E-state index contributed by atoms with van der Waals surface area (Å²) in [5, 5.41) is 8.40. The summed E-state index contributed by atoms with van der Waals surface area (Å²) >= 11 is 0. The standard InChI is InChI=1S/C7H13NO3.3C2H6/c1-5(9)6(8(2)3)4-7(10)11;3*1-2/h6H,4H2,1-3H3,(H,10,11);3*1-2H3. The predicted molar refractivity (Wildman–Crippen MR) is 74.5 cm³/mol. The molecule has 1 atom stereocenters. The summed E-state index contributed by atoms with van der Waals surface area (Å²) in [7, 11) is 3.38. The fourth-order valence-electron chi connectivity index (χ4n) is 0.855. The van der Waals surface area contributed by atoms with Gasteiger partial charge in [-0.1, -0.05) is 41.5 Å². The number of ketones is 1. The van der Waals surface area contributed by atoms with E-state index in [-0.39, 0.29) is 12.2 Å². The van der Waals surface area contributed by atoms with Gasteiger partial charge < -0.3 is 5.11 Å². The zero-order valence-electron chi connectivity index (χ0n) is 13.0. The van der Waals surface area contributed by atoms with Gasteiger partial charge in [0.1, 0.15) is 5.78 Å². The smallest absolute Gasteiger partial charge is 0.305 e. The Balaban J connectivity index is -0.000000121.